The first kappa shape index (κ1) is 13.3. The summed E-state index contributed by atoms with van der Waals surface area (Å²) in [5.41, 5.74) is 0. The van der Waals surface area contributed by atoms with Crippen LogP contribution in [0.15, 0.2) is 0 Å². The van der Waals surface area contributed by atoms with E-state index in [2.05, 4.69) is 5.32 Å². The molecule has 2 aliphatic heterocycles. The Labute approximate surface area is 106 Å². The molecule has 0 aromatic carbocycles. The summed E-state index contributed by atoms with van der Waals surface area (Å²) in [6.45, 7) is 3.23. The average Bonchev–Trinajstić information content (AvgIpc) is 2.85. The smallest absolute Gasteiger partial charge is 0.303 e. The third-order valence-electron chi connectivity index (χ3n) is 3.58. The summed E-state index contributed by atoms with van der Waals surface area (Å²) in [5.74, 6) is -0.343. The molecule has 2 atom stereocenters. The highest BCUT2D eigenvalue weighted by Gasteiger charge is 2.31. The summed E-state index contributed by atoms with van der Waals surface area (Å²) >= 11 is 0. The summed E-state index contributed by atoms with van der Waals surface area (Å²) in [6, 6.07) is -0.225. The highest BCUT2D eigenvalue weighted by Crippen LogP contribution is 2.21. The van der Waals surface area contributed by atoms with Crippen molar-refractivity contribution in [1.29, 1.82) is 0 Å². The molecule has 2 heterocycles. The topological polar surface area (TPSA) is 78.9 Å². The maximum atomic E-state index is 12.2. The Morgan fingerprint density at radius 1 is 1.44 bits per heavy atom. The summed E-state index contributed by atoms with van der Waals surface area (Å²) in [6.07, 6.45) is 1.76. The molecule has 2 unspecified atom stereocenters. The van der Waals surface area contributed by atoms with Crippen LogP contribution in [0, 0.1) is 5.92 Å². The van der Waals surface area contributed by atoms with E-state index in [-0.39, 0.29) is 18.4 Å². The zero-order valence-corrected chi connectivity index (χ0v) is 10.4. The predicted molar refractivity (Wildman–Crippen MR) is 64.2 cm³/mol. The normalized spacial score (nSPS) is 28.3. The third-order valence-corrected chi connectivity index (χ3v) is 3.58. The number of hydrogen-bond acceptors (Lipinski definition) is 4. The number of aliphatic carboxylic acids is 1. The molecule has 0 aromatic rings. The highest BCUT2D eigenvalue weighted by atomic mass is 16.5. The van der Waals surface area contributed by atoms with Gasteiger partial charge in [-0.2, -0.15) is 0 Å². The van der Waals surface area contributed by atoms with E-state index < -0.39 is 5.97 Å². The molecule has 2 fully saturated rings. The molecular weight excluding hydrogens is 236 g/mol. The Bertz CT molecular complexity index is 315. The monoisotopic (exact) mass is 256 g/mol. The highest BCUT2D eigenvalue weighted by molar-refractivity contribution is 5.82. The quantitative estimate of drug-likeness (QED) is 0.721. The number of morpholine rings is 1. The predicted octanol–water partition coefficient (Wildman–Crippen LogP) is -0.312. The number of nitrogens with one attached hydrogen (secondary N) is 1. The molecule has 2 rings (SSSR count). The van der Waals surface area contributed by atoms with Crippen molar-refractivity contribution < 1.29 is 19.4 Å². The molecule has 0 bridgehead atoms. The van der Waals surface area contributed by atoms with E-state index in [9.17, 15) is 9.59 Å². The molecule has 0 radical (unpaired) electrons. The van der Waals surface area contributed by atoms with Gasteiger partial charge in [0, 0.05) is 26.1 Å². The molecular formula is C12H20N2O4. The maximum absolute atomic E-state index is 12.2. The van der Waals surface area contributed by atoms with Crippen LogP contribution < -0.4 is 5.32 Å². The van der Waals surface area contributed by atoms with Gasteiger partial charge in [-0.15, -0.1) is 0 Å². The van der Waals surface area contributed by atoms with E-state index in [0.29, 0.717) is 38.6 Å². The van der Waals surface area contributed by atoms with Gasteiger partial charge in [-0.3, -0.25) is 9.59 Å². The van der Waals surface area contributed by atoms with E-state index in [0.717, 1.165) is 13.0 Å². The molecule has 0 spiro atoms. The third kappa shape index (κ3) is 3.43. The van der Waals surface area contributed by atoms with Gasteiger partial charge >= 0.3 is 5.97 Å². The minimum atomic E-state index is -0.762. The van der Waals surface area contributed by atoms with Crippen LogP contribution in [0.1, 0.15) is 19.3 Å². The fraction of sp³-hybridized carbons (Fsp3) is 0.833. The maximum Gasteiger partial charge on any atom is 0.303 e. The van der Waals surface area contributed by atoms with Gasteiger partial charge in [0.05, 0.1) is 13.2 Å². The fourth-order valence-corrected chi connectivity index (χ4v) is 2.54. The molecule has 0 aromatic heterocycles. The van der Waals surface area contributed by atoms with Crippen LogP contribution in [0.3, 0.4) is 0 Å². The van der Waals surface area contributed by atoms with Crippen molar-refractivity contribution in [2.45, 2.75) is 25.3 Å². The molecule has 0 saturated carbocycles. The Hall–Kier alpha value is -1.14. The summed E-state index contributed by atoms with van der Waals surface area (Å²) < 4.78 is 5.28. The van der Waals surface area contributed by atoms with E-state index in [4.69, 9.17) is 9.84 Å². The number of carboxylic acids is 1. The second-order valence-electron chi connectivity index (χ2n) is 4.95. The van der Waals surface area contributed by atoms with E-state index in [1.807, 2.05) is 4.90 Å². The van der Waals surface area contributed by atoms with Gasteiger partial charge in [-0.05, 0) is 18.8 Å². The van der Waals surface area contributed by atoms with Crippen molar-refractivity contribution in [1.82, 2.24) is 10.2 Å². The number of carbonyl (C=O) groups excluding carboxylic acids is 1. The zero-order valence-electron chi connectivity index (χ0n) is 10.4. The first-order valence-corrected chi connectivity index (χ1v) is 6.48. The fourth-order valence-electron chi connectivity index (χ4n) is 2.54. The summed E-state index contributed by atoms with van der Waals surface area (Å²) in [5, 5.41) is 11.8. The second kappa shape index (κ2) is 6.15. The van der Waals surface area contributed by atoms with Crippen molar-refractivity contribution in [2.24, 2.45) is 5.92 Å². The van der Waals surface area contributed by atoms with E-state index in [1.165, 1.54) is 0 Å². The average molecular weight is 256 g/mol. The zero-order chi connectivity index (χ0) is 13.0. The van der Waals surface area contributed by atoms with Gasteiger partial charge in [0.2, 0.25) is 5.91 Å². The van der Waals surface area contributed by atoms with Crippen LogP contribution in [-0.4, -0.2) is 60.8 Å². The van der Waals surface area contributed by atoms with Gasteiger partial charge in [0.1, 0.15) is 6.04 Å². The SMILES string of the molecule is O=C(O)CCC1CCN(C(=O)C2COCCN2)C1. The molecule has 2 aliphatic rings. The molecule has 102 valence electrons. The number of amides is 1. The molecule has 6 heteroatoms. The number of carboxylic acid groups (broad SMARTS) is 1. The Morgan fingerprint density at radius 2 is 2.28 bits per heavy atom. The van der Waals surface area contributed by atoms with Gasteiger partial charge in [0.25, 0.3) is 0 Å². The molecule has 2 N–H and O–H groups in total. The summed E-state index contributed by atoms with van der Waals surface area (Å²) in [4.78, 5) is 24.5. The molecule has 6 nitrogen and oxygen atoms in total. The first-order chi connectivity index (χ1) is 8.66. The number of carbonyl (C=O) groups is 2. The van der Waals surface area contributed by atoms with Crippen LogP contribution in [0.25, 0.3) is 0 Å². The van der Waals surface area contributed by atoms with Crippen LogP contribution in [0.4, 0.5) is 0 Å². The lowest BCUT2D eigenvalue weighted by molar-refractivity contribution is -0.137. The van der Waals surface area contributed by atoms with Crippen molar-refractivity contribution >= 4 is 11.9 Å². The van der Waals surface area contributed by atoms with Crippen LogP contribution in [0.5, 0.6) is 0 Å². The van der Waals surface area contributed by atoms with E-state index in [1.54, 1.807) is 0 Å². The first-order valence-electron chi connectivity index (χ1n) is 6.48. The Kier molecular flexibility index (Phi) is 4.54. The number of rotatable bonds is 4. The summed E-state index contributed by atoms with van der Waals surface area (Å²) in [7, 11) is 0. The Morgan fingerprint density at radius 3 is 2.94 bits per heavy atom. The van der Waals surface area contributed by atoms with Gasteiger partial charge in [-0.25, -0.2) is 0 Å². The number of nitrogens with zero attached hydrogens (tertiary/aromatic N) is 1. The van der Waals surface area contributed by atoms with Crippen molar-refractivity contribution in [3.05, 3.63) is 0 Å². The van der Waals surface area contributed by atoms with Gasteiger partial charge in [0.15, 0.2) is 0 Å². The number of ether oxygens (including phenoxy) is 1. The lowest BCUT2D eigenvalue weighted by Gasteiger charge is -2.27. The Balaban J connectivity index is 1.77. The molecule has 2 saturated heterocycles. The van der Waals surface area contributed by atoms with Gasteiger partial charge < -0.3 is 20.1 Å². The lowest BCUT2D eigenvalue weighted by Crippen LogP contribution is -2.52. The number of likely N-dealkylation sites (tertiary alicyclic amines) is 1. The molecule has 1 amide bonds. The van der Waals surface area contributed by atoms with E-state index >= 15 is 0 Å². The van der Waals surface area contributed by atoms with Gasteiger partial charge in [-0.1, -0.05) is 0 Å². The standard InChI is InChI=1S/C12H20N2O4/c15-11(16)2-1-9-3-5-14(7-9)12(17)10-8-18-6-4-13-10/h9-10,13H,1-8H2,(H,15,16). The number of hydrogen-bond donors (Lipinski definition) is 2. The molecule has 0 aliphatic carbocycles. The lowest BCUT2D eigenvalue weighted by atomic mass is 10.0. The van der Waals surface area contributed by atoms with Crippen molar-refractivity contribution in [2.75, 3.05) is 32.8 Å². The minimum absolute atomic E-state index is 0.0903. The van der Waals surface area contributed by atoms with Crippen LogP contribution in [0.2, 0.25) is 0 Å². The van der Waals surface area contributed by atoms with Crippen molar-refractivity contribution in [3.63, 3.8) is 0 Å². The van der Waals surface area contributed by atoms with Crippen LogP contribution in [-0.2, 0) is 14.3 Å². The molecule has 18 heavy (non-hydrogen) atoms. The second-order valence-corrected chi connectivity index (χ2v) is 4.95. The minimum Gasteiger partial charge on any atom is -0.481 e. The van der Waals surface area contributed by atoms with Crippen molar-refractivity contribution in [3.8, 4) is 0 Å². The van der Waals surface area contributed by atoms with Crippen LogP contribution >= 0.6 is 0 Å². The largest absolute Gasteiger partial charge is 0.481 e.